The zero-order valence-electron chi connectivity index (χ0n) is 18.2. The number of carbonyl (C=O) groups is 3. The summed E-state index contributed by atoms with van der Waals surface area (Å²) in [5.74, 6) is -1.53. The number of carboxylic acids is 1. The van der Waals surface area contributed by atoms with Crippen molar-refractivity contribution in [2.45, 2.75) is 6.92 Å². The number of rotatable bonds is 4. The van der Waals surface area contributed by atoms with Crippen LogP contribution < -0.4 is 5.01 Å². The number of hydrogen-bond donors (Lipinski definition) is 1. The Balaban J connectivity index is 1.45. The number of fused-ring (bicyclic) bond motifs is 1. The highest BCUT2D eigenvalue weighted by Gasteiger charge is 2.29. The van der Waals surface area contributed by atoms with Gasteiger partial charge in [-0.05, 0) is 67.1 Å². The van der Waals surface area contributed by atoms with Crippen LogP contribution in [0.1, 0.15) is 33.2 Å². The summed E-state index contributed by atoms with van der Waals surface area (Å²) in [6.07, 6.45) is 3.49. The maximum absolute atomic E-state index is 13.1. The lowest BCUT2D eigenvalue weighted by atomic mass is 10.1. The highest BCUT2D eigenvalue weighted by molar-refractivity contribution is 6.32. The average Bonchev–Trinajstić information content (AvgIpc) is 3.40. The molecule has 0 radical (unpaired) electrons. The Morgan fingerprint density at radius 3 is 2.44 bits per heavy atom. The zero-order valence-corrected chi connectivity index (χ0v) is 18.2. The summed E-state index contributed by atoms with van der Waals surface area (Å²) in [5.41, 5.74) is 3.57. The van der Waals surface area contributed by atoms with Gasteiger partial charge in [-0.15, -0.1) is 0 Å². The van der Waals surface area contributed by atoms with Gasteiger partial charge in [-0.25, -0.2) is 4.79 Å². The number of aromatic carboxylic acids is 1. The Morgan fingerprint density at radius 2 is 1.68 bits per heavy atom. The number of hydrogen-bond acceptors (Lipinski definition) is 4. The topological polar surface area (TPSA) is 92.0 Å². The van der Waals surface area contributed by atoms with Crippen LogP contribution in [0.3, 0.4) is 0 Å². The van der Waals surface area contributed by atoms with Crippen LogP contribution in [0.4, 0.5) is 5.69 Å². The molecule has 0 bridgehead atoms. The predicted molar refractivity (Wildman–Crippen MR) is 130 cm³/mol. The molecule has 0 spiro atoms. The molecule has 1 amide bonds. The minimum atomic E-state index is -1.07. The second kappa shape index (κ2) is 8.29. The maximum Gasteiger partial charge on any atom is 0.335 e. The number of benzene rings is 3. The van der Waals surface area contributed by atoms with Crippen molar-refractivity contribution in [1.29, 1.82) is 0 Å². The molecule has 0 unspecified atom stereocenters. The molecule has 3 aromatic carbocycles. The molecule has 1 aliphatic heterocycles. The Labute approximate surface area is 194 Å². The summed E-state index contributed by atoms with van der Waals surface area (Å²) in [6, 6.07) is 22.6. The molecule has 0 aliphatic carbocycles. The Hall–Kier alpha value is -4.78. The third-order valence-electron chi connectivity index (χ3n) is 5.67. The molecule has 1 N–H and O–H groups in total. The monoisotopic (exact) mass is 449 g/mol. The van der Waals surface area contributed by atoms with Gasteiger partial charge in [0, 0.05) is 17.1 Å². The first kappa shape index (κ1) is 21.1. The van der Waals surface area contributed by atoms with E-state index >= 15 is 0 Å². The third-order valence-corrected chi connectivity index (χ3v) is 5.67. The summed E-state index contributed by atoms with van der Waals surface area (Å²) in [5, 5.41) is 15.6. The van der Waals surface area contributed by atoms with Gasteiger partial charge in [-0.2, -0.15) is 10.1 Å². The van der Waals surface area contributed by atoms with E-state index in [1.165, 1.54) is 17.1 Å². The van der Waals surface area contributed by atoms with Crippen LogP contribution in [-0.4, -0.2) is 33.2 Å². The first-order valence-electron chi connectivity index (χ1n) is 10.6. The van der Waals surface area contributed by atoms with Gasteiger partial charge in [0.2, 0.25) is 0 Å². The second-order valence-electron chi connectivity index (χ2n) is 7.89. The zero-order chi connectivity index (χ0) is 23.8. The summed E-state index contributed by atoms with van der Waals surface area (Å²) in [7, 11) is 0. The summed E-state index contributed by atoms with van der Waals surface area (Å²) >= 11 is 0. The molecule has 1 aromatic heterocycles. The van der Waals surface area contributed by atoms with E-state index in [2.05, 4.69) is 5.10 Å². The minimum absolute atomic E-state index is 0.0793. The second-order valence-corrected chi connectivity index (χ2v) is 7.89. The van der Waals surface area contributed by atoms with E-state index in [1.54, 1.807) is 48.0 Å². The van der Waals surface area contributed by atoms with Crippen molar-refractivity contribution in [2.24, 2.45) is 5.10 Å². The largest absolute Gasteiger partial charge is 0.478 e. The molecule has 2 heterocycles. The van der Waals surface area contributed by atoms with Gasteiger partial charge in [-0.1, -0.05) is 30.3 Å². The lowest BCUT2D eigenvalue weighted by Gasteiger charge is -2.12. The fourth-order valence-electron chi connectivity index (χ4n) is 3.94. The number of nitrogens with zero attached hydrogens (tertiary/aromatic N) is 3. The van der Waals surface area contributed by atoms with Gasteiger partial charge in [0.1, 0.15) is 0 Å². The molecular formula is C27H19N3O4. The van der Waals surface area contributed by atoms with Crippen molar-refractivity contribution in [3.8, 4) is 0 Å². The first-order valence-corrected chi connectivity index (χ1v) is 10.6. The molecule has 1 aliphatic rings. The number of anilines is 1. The molecule has 0 saturated carbocycles. The molecule has 5 rings (SSSR count). The number of carbonyl (C=O) groups excluding carboxylic acids is 2. The van der Waals surface area contributed by atoms with E-state index in [4.69, 9.17) is 0 Å². The van der Waals surface area contributed by atoms with Gasteiger partial charge < -0.3 is 5.11 Å². The smallest absolute Gasteiger partial charge is 0.335 e. The molecule has 7 heteroatoms. The first-order chi connectivity index (χ1) is 16.4. The van der Waals surface area contributed by atoms with Crippen molar-refractivity contribution in [3.05, 3.63) is 107 Å². The fraction of sp³-hybridized carbons (Fsp3) is 0.0370. The van der Waals surface area contributed by atoms with Crippen molar-refractivity contribution in [3.63, 3.8) is 0 Å². The number of amides is 1. The number of hydrazone groups is 1. The molecule has 166 valence electrons. The molecule has 7 nitrogen and oxygen atoms in total. The quantitative estimate of drug-likeness (QED) is 0.452. The van der Waals surface area contributed by atoms with Crippen LogP contribution in [-0.2, 0) is 4.79 Å². The normalized spacial score (nSPS) is 14.6. The van der Waals surface area contributed by atoms with Crippen LogP contribution in [0.15, 0.2) is 95.7 Å². The highest BCUT2D eigenvalue weighted by Crippen LogP contribution is 2.27. The highest BCUT2D eigenvalue weighted by atomic mass is 16.4. The van der Waals surface area contributed by atoms with E-state index in [1.807, 2.05) is 42.5 Å². The predicted octanol–water partition coefficient (Wildman–Crippen LogP) is 4.83. The van der Waals surface area contributed by atoms with Crippen LogP contribution in [0.5, 0.6) is 0 Å². The van der Waals surface area contributed by atoms with E-state index in [0.717, 1.165) is 16.5 Å². The molecule has 0 atom stereocenters. The Kier molecular flexibility index (Phi) is 5.14. The lowest BCUT2D eigenvalue weighted by molar-refractivity contribution is -0.114. The third kappa shape index (κ3) is 3.69. The van der Waals surface area contributed by atoms with Gasteiger partial charge >= 0.3 is 5.97 Å². The van der Waals surface area contributed by atoms with Crippen molar-refractivity contribution >= 4 is 46.2 Å². The van der Waals surface area contributed by atoms with E-state index in [9.17, 15) is 19.5 Å². The minimum Gasteiger partial charge on any atom is -0.478 e. The van der Waals surface area contributed by atoms with Crippen molar-refractivity contribution in [1.82, 2.24) is 4.57 Å². The van der Waals surface area contributed by atoms with Crippen molar-refractivity contribution in [2.75, 3.05) is 5.01 Å². The Morgan fingerprint density at radius 1 is 0.912 bits per heavy atom. The van der Waals surface area contributed by atoms with Crippen LogP contribution in [0.2, 0.25) is 0 Å². The van der Waals surface area contributed by atoms with Crippen LogP contribution >= 0.6 is 0 Å². The van der Waals surface area contributed by atoms with Gasteiger partial charge in [0.15, 0.2) is 0 Å². The van der Waals surface area contributed by atoms with Gasteiger partial charge in [0.25, 0.3) is 11.8 Å². The summed E-state index contributed by atoms with van der Waals surface area (Å²) in [6.45, 7) is 1.73. The van der Waals surface area contributed by atoms with Crippen LogP contribution in [0.25, 0.3) is 17.0 Å². The standard InChI is InChI=1S/C27H19N3O4/c1-17-23(26(32)30(28-17)22-9-5-8-21(16-22)27(33)34)15-18-10-11-24-20(14-18)12-13-29(24)25(31)19-6-3-2-4-7-19/h2-16H,1H3,(H,33,34)/b23-15-. The molecule has 0 fully saturated rings. The van der Waals surface area contributed by atoms with E-state index in [0.29, 0.717) is 22.5 Å². The van der Waals surface area contributed by atoms with Gasteiger partial charge in [0.05, 0.1) is 28.1 Å². The van der Waals surface area contributed by atoms with E-state index in [-0.39, 0.29) is 17.4 Å². The SMILES string of the molecule is CC1=NN(c2cccc(C(=O)O)c2)C(=O)/C1=C\c1ccc2c(ccn2C(=O)c2ccccc2)c1. The fourth-order valence-corrected chi connectivity index (χ4v) is 3.94. The lowest BCUT2D eigenvalue weighted by Crippen LogP contribution is -2.21. The van der Waals surface area contributed by atoms with Gasteiger partial charge in [-0.3, -0.25) is 14.2 Å². The Bertz CT molecular complexity index is 1530. The maximum atomic E-state index is 13.1. The number of aromatic nitrogens is 1. The average molecular weight is 449 g/mol. The number of carboxylic acid groups (broad SMARTS) is 1. The molecular weight excluding hydrogens is 430 g/mol. The summed E-state index contributed by atoms with van der Waals surface area (Å²) in [4.78, 5) is 37.2. The molecule has 4 aromatic rings. The summed E-state index contributed by atoms with van der Waals surface area (Å²) < 4.78 is 1.60. The molecule has 0 saturated heterocycles. The van der Waals surface area contributed by atoms with E-state index < -0.39 is 5.97 Å². The molecule has 34 heavy (non-hydrogen) atoms. The van der Waals surface area contributed by atoms with Crippen molar-refractivity contribution < 1.29 is 19.5 Å². The van der Waals surface area contributed by atoms with Crippen LogP contribution in [0, 0.1) is 0 Å².